The molecule has 2 saturated heterocycles. The van der Waals surface area contributed by atoms with Gasteiger partial charge in [-0.05, 0) is 37.0 Å². The first-order valence-corrected chi connectivity index (χ1v) is 8.54. The predicted octanol–water partition coefficient (Wildman–Crippen LogP) is 2.07. The fraction of sp³-hybridized carbons (Fsp3) is 0.611. The van der Waals surface area contributed by atoms with Crippen molar-refractivity contribution in [2.45, 2.75) is 25.3 Å². The van der Waals surface area contributed by atoms with Crippen molar-refractivity contribution in [3.8, 4) is 5.75 Å². The summed E-state index contributed by atoms with van der Waals surface area (Å²) in [7, 11) is 3.59. The minimum Gasteiger partial charge on any atom is -0.497 e. The predicted molar refractivity (Wildman–Crippen MR) is 90.9 cm³/mol. The van der Waals surface area contributed by atoms with Gasteiger partial charge >= 0.3 is 6.03 Å². The highest BCUT2D eigenvalue weighted by Crippen LogP contribution is 2.21. The summed E-state index contributed by atoms with van der Waals surface area (Å²) in [5, 5.41) is 0. The van der Waals surface area contributed by atoms with Gasteiger partial charge < -0.3 is 19.4 Å². The fourth-order valence-corrected chi connectivity index (χ4v) is 3.54. The Bertz CT molecular complexity index is 524. The highest BCUT2D eigenvalue weighted by molar-refractivity contribution is 5.76. The summed E-state index contributed by atoms with van der Waals surface area (Å²) in [6.07, 6.45) is 3.27. The van der Waals surface area contributed by atoms with Crippen LogP contribution in [0, 0.1) is 0 Å². The topological polar surface area (TPSA) is 36.0 Å². The van der Waals surface area contributed by atoms with Crippen LogP contribution in [-0.4, -0.2) is 73.7 Å². The van der Waals surface area contributed by atoms with Gasteiger partial charge in [-0.25, -0.2) is 4.79 Å². The number of rotatable bonds is 5. The Kier molecular flexibility index (Phi) is 5.06. The van der Waals surface area contributed by atoms with Gasteiger partial charge in [0.15, 0.2) is 0 Å². The third-order valence-corrected chi connectivity index (χ3v) is 5.12. The number of hydrogen-bond acceptors (Lipinski definition) is 3. The van der Waals surface area contributed by atoms with Gasteiger partial charge in [-0.3, -0.25) is 0 Å². The van der Waals surface area contributed by atoms with Crippen LogP contribution in [0.2, 0.25) is 0 Å². The molecule has 0 spiro atoms. The summed E-state index contributed by atoms with van der Waals surface area (Å²) < 4.78 is 5.19. The molecule has 0 aromatic heterocycles. The van der Waals surface area contributed by atoms with E-state index in [1.54, 1.807) is 7.11 Å². The molecular weight excluding hydrogens is 290 g/mol. The van der Waals surface area contributed by atoms with E-state index >= 15 is 0 Å². The molecule has 23 heavy (non-hydrogen) atoms. The second-order valence-corrected chi connectivity index (χ2v) is 6.57. The van der Waals surface area contributed by atoms with E-state index in [2.05, 4.69) is 21.9 Å². The smallest absolute Gasteiger partial charge is 0.320 e. The first kappa shape index (κ1) is 16.1. The molecular formula is C18H27N3O2. The summed E-state index contributed by atoms with van der Waals surface area (Å²) in [6, 6.07) is 8.98. The van der Waals surface area contributed by atoms with Crippen molar-refractivity contribution >= 4 is 6.03 Å². The molecule has 126 valence electrons. The van der Waals surface area contributed by atoms with E-state index in [1.165, 1.54) is 5.56 Å². The molecule has 2 aliphatic heterocycles. The van der Waals surface area contributed by atoms with Crippen LogP contribution in [0.3, 0.4) is 0 Å². The average molecular weight is 317 g/mol. The molecule has 0 unspecified atom stereocenters. The number of carbonyl (C=O) groups is 1. The van der Waals surface area contributed by atoms with Gasteiger partial charge in [-0.2, -0.15) is 0 Å². The standard InChI is InChI=1S/C18H27N3O2/c1-19-13-14-21(18(19)22)16-8-11-20(12-9-16)10-7-15-3-5-17(23-2)6-4-15/h3-6,16H,7-14H2,1-2H3. The number of urea groups is 1. The third kappa shape index (κ3) is 3.78. The van der Waals surface area contributed by atoms with E-state index < -0.39 is 0 Å². The SMILES string of the molecule is COc1ccc(CCN2CCC(N3CCN(C)C3=O)CC2)cc1. The van der Waals surface area contributed by atoms with Crippen LogP contribution < -0.4 is 4.74 Å². The molecule has 5 heteroatoms. The Balaban J connectivity index is 1.43. The van der Waals surface area contributed by atoms with Crippen molar-refractivity contribution in [3.63, 3.8) is 0 Å². The Labute approximate surface area is 138 Å². The minimum absolute atomic E-state index is 0.210. The number of nitrogens with zero attached hydrogens (tertiary/aromatic N) is 3. The number of methoxy groups -OCH3 is 1. The molecule has 2 fully saturated rings. The molecule has 2 amide bonds. The zero-order valence-corrected chi connectivity index (χ0v) is 14.2. The number of benzene rings is 1. The lowest BCUT2D eigenvalue weighted by molar-refractivity contribution is 0.132. The maximum absolute atomic E-state index is 12.1. The number of ether oxygens (including phenoxy) is 1. The van der Waals surface area contributed by atoms with Crippen molar-refractivity contribution in [3.05, 3.63) is 29.8 Å². The first-order valence-electron chi connectivity index (χ1n) is 8.54. The molecule has 0 bridgehead atoms. The van der Waals surface area contributed by atoms with Gasteiger partial charge in [-0.1, -0.05) is 12.1 Å². The first-order chi connectivity index (χ1) is 11.2. The lowest BCUT2D eigenvalue weighted by Gasteiger charge is -2.36. The quantitative estimate of drug-likeness (QED) is 0.834. The van der Waals surface area contributed by atoms with E-state index in [1.807, 2.05) is 24.1 Å². The maximum Gasteiger partial charge on any atom is 0.320 e. The zero-order chi connectivity index (χ0) is 16.2. The number of amides is 2. The second-order valence-electron chi connectivity index (χ2n) is 6.57. The molecule has 1 aromatic carbocycles. The van der Waals surface area contributed by atoms with Crippen LogP contribution in [0.15, 0.2) is 24.3 Å². The lowest BCUT2D eigenvalue weighted by atomic mass is 10.0. The van der Waals surface area contributed by atoms with Crippen molar-refractivity contribution in [2.75, 3.05) is 46.9 Å². The number of piperidine rings is 1. The van der Waals surface area contributed by atoms with Crippen LogP contribution in [0.25, 0.3) is 0 Å². The lowest BCUT2D eigenvalue weighted by Crippen LogP contribution is -2.46. The normalized spacial score (nSPS) is 20.3. The summed E-state index contributed by atoms with van der Waals surface area (Å²) in [5.74, 6) is 0.912. The Morgan fingerprint density at radius 2 is 1.78 bits per heavy atom. The Hall–Kier alpha value is -1.75. The number of carbonyl (C=O) groups excluding carboxylic acids is 1. The molecule has 1 aromatic rings. The van der Waals surface area contributed by atoms with E-state index in [9.17, 15) is 4.79 Å². The van der Waals surface area contributed by atoms with Crippen LogP contribution in [0.5, 0.6) is 5.75 Å². The molecule has 2 heterocycles. The molecule has 0 atom stereocenters. The summed E-state index contributed by atoms with van der Waals surface area (Å²) in [4.78, 5) is 18.5. The highest BCUT2D eigenvalue weighted by atomic mass is 16.5. The van der Waals surface area contributed by atoms with Crippen molar-refractivity contribution in [1.29, 1.82) is 0 Å². The summed E-state index contributed by atoms with van der Waals surface area (Å²) >= 11 is 0. The average Bonchev–Trinajstić information content (AvgIpc) is 2.93. The highest BCUT2D eigenvalue weighted by Gasteiger charge is 2.33. The maximum atomic E-state index is 12.1. The molecule has 0 radical (unpaired) electrons. The Morgan fingerprint density at radius 1 is 1.09 bits per heavy atom. The largest absolute Gasteiger partial charge is 0.497 e. The zero-order valence-electron chi connectivity index (χ0n) is 14.2. The molecule has 5 nitrogen and oxygen atoms in total. The van der Waals surface area contributed by atoms with Crippen LogP contribution in [-0.2, 0) is 6.42 Å². The van der Waals surface area contributed by atoms with Gasteiger partial charge in [0.25, 0.3) is 0 Å². The van der Waals surface area contributed by atoms with Crippen LogP contribution in [0.4, 0.5) is 4.79 Å². The van der Waals surface area contributed by atoms with E-state index in [-0.39, 0.29) is 6.03 Å². The summed E-state index contributed by atoms with van der Waals surface area (Å²) in [5.41, 5.74) is 1.35. The molecule has 0 N–H and O–H groups in total. The second kappa shape index (κ2) is 7.21. The van der Waals surface area contributed by atoms with E-state index in [0.717, 1.165) is 57.7 Å². The molecule has 0 saturated carbocycles. The van der Waals surface area contributed by atoms with Gasteiger partial charge in [0.2, 0.25) is 0 Å². The van der Waals surface area contributed by atoms with Crippen molar-refractivity contribution in [2.24, 2.45) is 0 Å². The fourth-order valence-electron chi connectivity index (χ4n) is 3.54. The van der Waals surface area contributed by atoms with Crippen molar-refractivity contribution in [1.82, 2.24) is 14.7 Å². The van der Waals surface area contributed by atoms with Gasteiger partial charge in [0.05, 0.1) is 7.11 Å². The summed E-state index contributed by atoms with van der Waals surface area (Å²) in [6.45, 7) is 5.04. The van der Waals surface area contributed by atoms with E-state index in [0.29, 0.717) is 6.04 Å². The Morgan fingerprint density at radius 3 is 2.35 bits per heavy atom. The molecule has 3 rings (SSSR count). The van der Waals surface area contributed by atoms with Crippen LogP contribution >= 0.6 is 0 Å². The van der Waals surface area contributed by atoms with Crippen molar-refractivity contribution < 1.29 is 9.53 Å². The number of likely N-dealkylation sites (tertiary alicyclic amines) is 1. The van der Waals surface area contributed by atoms with Crippen LogP contribution in [0.1, 0.15) is 18.4 Å². The van der Waals surface area contributed by atoms with Gasteiger partial charge in [0, 0.05) is 45.8 Å². The minimum atomic E-state index is 0.210. The van der Waals surface area contributed by atoms with Gasteiger partial charge in [-0.15, -0.1) is 0 Å². The monoisotopic (exact) mass is 317 g/mol. The van der Waals surface area contributed by atoms with Gasteiger partial charge in [0.1, 0.15) is 5.75 Å². The molecule has 2 aliphatic rings. The molecule has 0 aliphatic carbocycles. The number of hydrogen-bond donors (Lipinski definition) is 0. The third-order valence-electron chi connectivity index (χ3n) is 5.12. The number of likely N-dealkylation sites (N-methyl/N-ethyl adjacent to an activating group) is 1. The van der Waals surface area contributed by atoms with E-state index in [4.69, 9.17) is 4.74 Å².